The summed E-state index contributed by atoms with van der Waals surface area (Å²) in [6, 6.07) is 0. The summed E-state index contributed by atoms with van der Waals surface area (Å²) in [7, 11) is -9.28. The highest BCUT2D eigenvalue weighted by atomic mass is 31.2. The van der Waals surface area contributed by atoms with Crippen molar-refractivity contribution in [2.75, 3.05) is 0 Å². The van der Waals surface area contributed by atoms with Crippen LogP contribution in [-0.2, 0) is 9.13 Å². The molecule has 14 heavy (non-hydrogen) atoms. The van der Waals surface area contributed by atoms with Crippen LogP contribution in [0, 0.1) is 0 Å². The van der Waals surface area contributed by atoms with Gasteiger partial charge in [0.05, 0.1) is 0 Å². The minimum atomic E-state index is -4.64. The minimum absolute atomic E-state index is 2.00. The van der Waals surface area contributed by atoms with Gasteiger partial charge < -0.3 is 29.4 Å². The van der Waals surface area contributed by atoms with Crippen LogP contribution in [0.2, 0.25) is 0 Å². The average molecular weight is 252 g/mol. The molecule has 0 amide bonds. The molecule has 0 radical (unpaired) electrons. The van der Waals surface area contributed by atoms with Gasteiger partial charge >= 0.3 is 15.6 Å². The molecular formula is C4H14O8P2. The monoisotopic (exact) mass is 252 g/mol. The van der Waals surface area contributed by atoms with E-state index in [0.717, 1.165) is 0 Å². The molecule has 0 aromatic heterocycles. The van der Waals surface area contributed by atoms with Crippen LogP contribution in [0.4, 0.5) is 0 Å². The Labute approximate surface area is 81.0 Å². The lowest BCUT2D eigenvalue weighted by molar-refractivity contribution is 0.272. The van der Waals surface area contributed by atoms with Crippen molar-refractivity contribution in [2.45, 2.75) is 13.8 Å². The summed E-state index contributed by atoms with van der Waals surface area (Å²) < 4.78 is 17.8. The lowest BCUT2D eigenvalue weighted by Crippen LogP contribution is -1.66. The lowest BCUT2D eigenvalue weighted by atomic mass is 10.6. The van der Waals surface area contributed by atoms with Crippen LogP contribution in [0.1, 0.15) is 13.8 Å². The maximum absolute atomic E-state index is 8.88. The highest BCUT2D eigenvalue weighted by molar-refractivity contribution is 7.45. The van der Waals surface area contributed by atoms with Gasteiger partial charge in [0.25, 0.3) is 0 Å². The van der Waals surface area contributed by atoms with Crippen molar-refractivity contribution >= 4 is 15.6 Å². The van der Waals surface area contributed by atoms with Gasteiger partial charge in [-0.05, 0) is 13.8 Å². The summed E-state index contributed by atoms with van der Waals surface area (Å²) in [5, 5.41) is 0. The smallest absolute Gasteiger partial charge is 0.303 e. The van der Waals surface area contributed by atoms with Gasteiger partial charge in [0.1, 0.15) is 0 Å². The topological polar surface area (TPSA) is 156 Å². The summed E-state index contributed by atoms with van der Waals surface area (Å²) in [5.74, 6) is 0. The second-order valence-electron chi connectivity index (χ2n) is 1.69. The first kappa shape index (κ1) is 19.5. The number of phosphoric acid groups is 2. The third kappa shape index (κ3) is 1560. The Bertz CT molecular complexity index is 183. The van der Waals surface area contributed by atoms with E-state index >= 15 is 0 Å². The van der Waals surface area contributed by atoms with Crippen molar-refractivity contribution in [3.63, 3.8) is 0 Å². The van der Waals surface area contributed by atoms with Crippen molar-refractivity contribution in [1.29, 1.82) is 0 Å². The van der Waals surface area contributed by atoms with Gasteiger partial charge in [0.2, 0.25) is 0 Å². The molecule has 0 heterocycles. The quantitative estimate of drug-likeness (QED) is 0.254. The Morgan fingerprint density at radius 3 is 0.786 bits per heavy atom. The van der Waals surface area contributed by atoms with E-state index in [1.807, 2.05) is 26.0 Å². The van der Waals surface area contributed by atoms with E-state index in [2.05, 4.69) is 0 Å². The van der Waals surface area contributed by atoms with E-state index in [9.17, 15) is 0 Å². The van der Waals surface area contributed by atoms with Crippen molar-refractivity contribution in [2.24, 2.45) is 0 Å². The first-order valence-corrected chi connectivity index (χ1v) is 6.18. The number of allylic oxidation sites excluding steroid dienone is 2. The fourth-order valence-electron chi connectivity index (χ4n) is 0. The molecule has 10 heteroatoms. The van der Waals surface area contributed by atoms with Gasteiger partial charge in [-0.15, -0.1) is 0 Å². The Balaban J connectivity index is -0.000000131. The predicted octanol–water partition coefficient (Wildman–Crippen LogP) is -0.275. The van der Waals surface area contributed by atoms with Crippen molar-refractivity contribution in [1.82, 2.24) is 0 Å². The van der Waals surface area contributed by atoms with Crippen LogP contribution < -0.4 is 0 Å². The van der Waals surface area contributed by atoms with E-state index in [4.69, 9.17) is 38.5 Å². The van der Waals surface area contributed by atoms with Crippen LogP contribution in [-0.4, -0.2) is 29.4 Å². The molecule has 0 fully saturated rings. The fraction of sp³-hybridized carbons (Fsp3) is 0.500. The number of hydrogen-bond donors (Lipinski definition) is 6. The third-order valence-electron chi connectivity index (χ3n) is 0.333. The molecule has 0 atom stereocenters. The summed E-state index contributed by atoms with van der Waals surface area (Å²) in [6.07, 6.45) is 4.00. The molecule has 0 aliphatic heterocycles. The molecule has 0 aromatic rings. The molecule has 8 nitrogen and oxygen atoms in total. The van der Waals surface area contributed by atoms with Gasteiger partial charge in [0, 0.05) is 0 Å². The van der Waals surface area contributed by atoms with Gasteiger partial charge in [0.15, 0.2) is 0 Å². The molecule has 0 rings (SSSR count). The van der Waals surface area contributed by atoms with E-state index in [-0.39, 0.29) is 0 Å². The SMILES string of the molecule is CC=CC.O=P(O)(O)O.O=P(O)(O)O. The molecule has 88 valence electrons. The molecule has 0 aliphatic carbocycles. The fourth-order valence-corrected chi connectivity index (χ4v) is 0. The molecular weight excluding hydrogens is 238 g/mol. The number of rotatable bonds is 0. The van der Waals surface area contributed by atoms with Crippen LogP contribution in [0.5, 0.6) is 0 Å². The van der Waals surface area contributed by atoms with Crippen molar-refractivity contribution < 1.29 is 38.5 Å². The first-order chi connectivity index (χ1) is 5.91. The zero-order chi connectivity index (χ0) is 12.4. The Hall–Kier alpha value is -0.0400. The van der Waals surface area contributed by atoms with E-state index in [1.54, 1.807) is 0 Å². The van der Waals surface area contributed by atoms with Gasteiger partial charge in [-0.3, -0.25) is 0 Å². The van der Waals surface area contributed by atoms with E-state index < -0.39 is 15.6 Å². The van der Waals surface area contributed by atoms with Crippen LogP contribution >= 0.6 is 15.6 Å². The van der Waals surface area contributed by atoms with Gasteiger partial charge in [-0.1, -0.05) is 12.2 Å². The molecule has 0 aliphatic rings. The molecule has 0 unspecified atom stereocenters. The maximum Gasteiger partial charge on any atom is 0.466 e. The third-order valence-corrected chi connectivity index (χ3v) is 0.333. The second kappa shape index (κ2) is 9.51. The van der Waals surface area contributed by atoms with Crippen LogP contribution in [0.3, 0.4) is 0 Å². The van der Waals surface area contributed by atoms with Crippen LogP contribution in [0.15, 0.2) is 12.2 Å². The van der Waals surface area contributed by atoms with Crippen LogP contribution in [0.25, 0.3) is 0 Å². The lowest BCUT2D eigenvalue weighted by Gasteiger charge is -1.82. The van der Waals surface area contributed by atoms with Crippen molar-refractivity contribution in [3.05, 3.63) is 12.2 Å². The average Bonchev–Trinajstić information content (AvgIpc) is 1.79. The maximum atomic E-state index is 8.88. The Kier molecular flexibility index (Phi) is 13.3. The van der Waals surface area contributed by atoms with E-state index in [0.29, 0.717) is 0 Å². The molecule has 0 aromatic carbocycles. The normalized spacial score (nSPS) is 11.1. The molecule has 0 saturated heterocycles. The highest BCUT2D eigenvalue weighted by Crippen LogP contribution is 2.26. The summed E-state index contributed by atoms with van der Waals surface area (Å²) >= 11 is 0. The highest BCUT2D eigenvalue weighted by Gasteiger charge is 2.00. The summed E-state index contributed by atoms with van der Waals surface area (Å²) in [6.45, 7) is 4.00. The molecule has 0 bridgehead atoms. The summed E-state index contributed by atoms with van der Waals surface area (Å²) in [5.41, 5.74) is 0. The van der Waals surface area contributed by atoms with Crippen molar-refractivity contribution in [3.8, 4) is 0 Å². The molecule has 0 spiro atoms. The largest absolute Gasteiger partial charge is 0.466 e. The second-order valence-corrected chi connectivity index (χ2v) is 3.75. The standard InChI is InChI=1S/C4H8.2H3O4P/c1-3-4-2;2*1-5(2,3)4/h3-4H,1-2H3;2*(H3,1,2,3,4). The predicted molar refractivity (Wildman–Crippen MR) is 49.0 cm³/mol. The molecule has 0 saturated carbocycles. The van der Waals surface area contributed by atoms with Gasteiger partial charge in [-0.2, -0.15) is 0 Å². The zero-order valence-electron chi connectivity index (χ0n) is 7.55. The van der Waals surface area contributed by atoms with Gasteiger partial charge in [-0.25, -0.2) is 9.13 Å². The van der Waals surface area contributed by atoms with E-state index in [1.165, 1.54) is 0 Å². The first-order valence-electron chi connectivity index (χ1n) is 3.05. The Morgan fingerprint density at radius 2 is 0.786 bits per heavy atom. The zero-order valence-corrected chi connectivity index (χ0v) is 9.34. The number of hydrogen-bond acceptors (Lipinski definition) is 2. The molecule has 6 N–H and O–H groups in total. The minimum Gasteiger partial charge on any atom is -0.303 e. The Morgan fingerprint density at radius 1 is 0.714 bits per heavy atom. The summed E-state index contributed by atoms with van der Waals surface area (Å²) in [4.78, 5) is 43.1.